The van der Waals surface area contributed by atoms with Gasteiger partial charge in [0.2, 0.25) is 0 Å². The molecule has 2 atom stereocenters. The number of nitrogens with zero attached hydrogens (tertiary/aromatic N) is 2. The van der Waals surface area contributed by atoms with Crippen LogP contribution in [0.1, 0.15) is 13.8 Å². The van der Waals surface area contributed by atoms with Crippen LogP contribution in [-0.2, 0) is 9.13 Å². The van der Waals surface area contributed by atoms with E-state index in [0.29, 0.717) is 16.2 Å². The van der Waals surface area contributed by atoms with Crippen molar-refractivity contribution >= 4 is 59.5 Å². The van der Waals surface area contributed by atoms with E-state index in [1.54, 1.807) is 60.7 Å². The van der Waals surface area contributed by atoms with Gasteiger partial charge in [0.05, 0.1) is 15.2 Å². The number of nitrogens with one attached hydrogen (secondary N) is 2. The van der Waals surface area contributed by atoms with E-state index >= 15 is 0 Å². The van der Waals surface area contributed by atoms with Crippen molar-refractivity contribution < 1.29 is 38.6 Å². The Hall–Kier alpha value is -3.90. The number of fused-ring (bicyclic) bond motifs is 2. The van der Waals surface area contributed by atoms with Crippen molar-refractivity contribution in [3.8, 4) is 0 Å². The fraction of sp³-hybridized carbons (Fsp3) is 0.167. The lowest BCUT2D eigenvalue weighted by Crippen LogP contribution is -2.16. The third-order valence-corrected chi connectivity index (χ3v) is 8.19. The van der Waals surface area contributed by atoms with Crippen LogP contribution in [0, 0.1) is 20.2 Å². The molecule has 0 saturated carbocycles. The van der Waals surface area contributed by atoms with Crippen LogP contribution in [0.3, 0.4) is 0 Å². The van der Waals surface area contributed by atoms with Gasteiger partial charge in [-0.1, -0.05) is 48.5 Å². The molecule has 0 aromatic heterocycles. The molecule has 0 bridgehead atoms. The van der Waals surface area contributed by atoms with Crippen LogP contribution in [0.4, 0.5) is 22.7 Å². The van der Waals surface area contributed by atoms with Gasteiger partial charge in [-0.15, -0.1) is 0 Å². The van der Waals surface area contributed by atoms with Gasteiger partial charge in [-0.3, -0.25) is 29.4 Å². The summed E-state index contributed by atoms with van der Waals surface area (Å²) in [6.45, 7) is 2.56. The van der Waals surface area contributed by atoms with Crippen LogP contribution in [-0.4, -0.2) is 41.0 Å². The number of anilines is 2. The fourth-order valence-corrected chi connectivity index (χ4v) is 4.34. The molecule has 0 saturated heterocycles. The Balaban J connectivity index is 0.000000220. The Kier molecular flexibility index (Phi) is 9.26. The molecule has 40 heavy (non-hydrogen) atoms. The topological polar surface area (TPSA) is 225 Å². The van der Waals surface area contributed by atoms with Gasteiger partial charge in [0.15, 0.2) is 0 Å². The molecule has 14 nitrogen and oxygen atoms in total. The molecule has 0 radical (unpaired) electrons. The SMILES string of the molecule is CC(Nc1c([N+](=O)[O-])ccc2ccccc12)P(=O)(O)O.CC(Nc1ccc2ccccc2c1[N+](=O)[O-])P(=O)(O)O. The fourth-order valence-electron chi connectivity index (χ4n) is 3.73. The molecule has 0 aliphatic carbocycles. The van der Waals surface area contributed by atoms with E-state index in [0.717, 1.165) is 5.39 Å². The summed E-state index contributed by atoms with van der Waals surface area (Å²) in [5.41, 5.74) is -0.208. The summed E-state index contributed by atoms with van der Waals surface area (Å²) in [7, 11) is -8.75. The highest BCUT2D eigenvalue weighted by molar-refractivity contribution is 7.53. The van der Waals surface area contributed by atoms with Gasteiger partial charge in [-0.25, -0.2) is 0 Å². The predicted octanol–water partition coefficient (Wildman–Crippen LogP) is 5.37. The summed E-state index contributed by atoms with van der Waals surface area (Å²) in [4.78, 5) is 57.6. The first kappa shape index (κ1) is 30.6. The second-order valence-corrected chi connectivity index (χ2v) is 12.6. The Morgan fingerprint density at radius 3 is 1.68 bits per heavy atom. The lowest BCUT2D eigenvalue weighted by Gasteiger charge is -2.17. The Labute approximate surface area is 227 Å². The summed E-state index contributed by atoms with van der Waals surface area (Å²) in [5, 5.41) is 29.8. The van der Waals surface area contributed by atoms with E-state index in [4.69, 9.17) is 19.6 Å². The van der Waals surface area contributed by atoms with Gasteiger partial charge in [0.25, 0.3) is 11.4 Å². The van der Waals surface area contributed by atoms with Crippen molar-refractivity contribution in [2.75, 3.05) is 10.6 Å². The van der Waals surface area contributed by atoms with Crippen LogP contribution in [0.25, 0.3) is 21.5 Å². The van der Waals surface area contributed by atoms with E-state index in [-0.39, 0.29) is 22.7 Å². The number of nitro groups is 2. The van der Waals surface area contributed by atoms with Crippen molar-refractivity contribution in [2.24, 2.45) is 0 Å². The Morgan fingerprint density at radius 2 is 1.15 bits per heavy atom. The number of benzene rings is 4. The molecule has 0 aliphatic rings. The van der Waals surface area contributed by atoms with Crippen molar-refractivity contribution in [2.45, 2.75) is 25.4 Å². The second-order valence-electron chi connectivity index (χ2n) is 8.70. The average molecular weight is 592 g/mol. The third-order valence-electron chi connectivity index (χ3n) is 5.91. The zero-order chi connectivity index (χ0) is 29.8. The van der Waals surface area contributed by atoms with Crippen LogP contribution in [0.5, 0.6) is 0 Å². The molecule has 0 heterocycles. The zero-order valence-corrected chi connectivity index (χ0v) is 22.9. The zero-order valence-electron chi connectivity index (χ0n) is 21.1. The summed E-state index contributed by atoms with van der Waals surface area (Å²) < 4.78 is 22.4. The van der Waals surface area contributed by atoms with Gasteiger partial charge >= 0.3 is 15.2 Å². The van der Waals surface area contributed by atoms with E-state index in [9.17, 15) is 29.4 Å². The number of hydrogen-bond acceptors (Lipinski definition) is 8. The molecular formula is C24H26N4O10P2. The third kappa shape index (κ3) is 7.19. The maximum Gasteiger partial charge on any atom is 0.347 e. The highest BCUT2D eigenvalue weighted by Crippen LogP contribution is 2.44. The maximum atomic E-state index is 11.2. The van der Waals surface area contributed by atoms with E-state index in [1.165, 1.54) is 26.0 Å². The van der Waals surface area contributed by atoms with Crippen molar-refractivity contribution in [3.63, 3.8) is 0 Å². The molecule has 0 amide bonds. The smallest absolute Gasteiger partial charge is 0.347 e. The van der Waals surface area contributed by atoms with Crippen LogP contribution in [0.2, 0.25) is 0 Å². The quantitative estimate of drug-likeness (QED) is 0.0863. The lowest BCUT2D eigenvalue weighted by atomic mass is 10.1. The molecule has 4 aromatic carbocycles. The Bertz CT molecular complexity index is 1670. The summed E-state index contributed by atoms with van der Waals surface area (Å²) in [6, 6.07) is 19.7. The largest absolute Gasteiger partial charge is 0.366 e. The molecule has 0 spiro atoms. The van der Waals surface area contributed by atoms with E-state index < -0.39 is 36.6 Å². The number of rotatable bonds is 8. The van der Waals surface area contributed by atoms with E-state index in [1.807, 2.05) is 0 Å². The molecule has 6 N–H and O–H groups in total. The van der Waals surface area contributed by atoms with Crippen molar-refractivity contribution in [1.29, 1.82) is 0 Å². The van der Waals surface area contributed by atoms with Crippen LogP contribution >= 0.6 is 15.2 Å². The van der Waals surface area contributed by atoms with Gasteiger partial charge in [0, 0.05) is 11.5 Å². The van der Waals surface area contributed by atoms with Crippen LogP contribution < -0.4 is 10.6 Å². The van der Waals surface area contributed by atoms with Gasteiger partial charge in [0.1, 0.15) is 22.9 Å². The molecule has 0 fully saturated rings. The molecular weight excluding hydrogens is 566 g/mol. The second kappa shape index (κ2) is 12.1. The average Bonchev–Trinajstić information content (AvgIpc) is 2.87. The Morgan fingerprint density at radius 1 is 0.675 bits per heavy atom. The minimum Gasteiger partial charge on any atom is -0.366 e. The van der Waals surface area contributed by atoms with E-state index in [2.05, 4.69) is 10.6 Å². The molecule has 212 valence electrons. The standard InChI is InChI=1S/2C12H13N2O5P/c1-8(20(17,18)19)13-12-10-5-3-2-4-9(10)6-7-11(12)14(15)16;1-8(20(17,18)19)13-11-7-6-9-4-2-3-5-10(9)12(11)14(15)16/h2*2-8,13H,1H3,(H2,17,18,19). The number of hydrogen-bond donors (Lipinski definition) is 6. The monoisotopic (exact) mass is 592 g/mol. The van der Waals surface area contributed by atoms with Crippen molar-refractivity contribution in [3.05, 3.63) is 93.0 Å². The van der Waals surface area contributed by atoms with Crippen LogP contribution in [0.15, 0.2) is 72.8 Å². The number of nitro benzene ring substituents is 2. The predicted molar refractivity (Wildman–Crippen MR) is 151 cm³/mol. The molecule has 4 aromatic rings. The first-order chi connectivity index (χ1) is 18.6. The molecule has 16 heteroatoms. The summed E-state index contributed by atoms with van der Waals surface area (Å²) >= 11 is 0. The summed E-state index contributed by atoms with van der Waals surface area (Å²) in [6.07, 6.45) is 0. The maximum absolute atomic E-state index is 11.2. The normalized spacial score (nSPS) is 13.2. The van der Waals surface area contributed by atoms with Crippen molar-refractivity contribution in [1.82, 2.24) is 0 Å². The first-order valence-corrected chi connectivity index (χ1v) is 14.9. The minimum absolute atomic E-state index is 0.0875. The van der Waals surface area contributed by atoms with Gasteiger partial charge < -0.3 is 30.2 Å². The van der Waals surface area contributed by atoms with Gasteiger partial charge in [-0.2, -0.15) is 0 Å². The highest BCUT2D eigenvalue weighted by Gasteiger charge is 2.28. The molecule has 0 aliphatic heterocycles. The van der Waals surface area contributed by atoms with Gasteiger partial charge in [-0.05, 0) is 42.8 Å². The first-order valence-electron chi connectivity index (χ1n) is 11.6. The highest BCUT2D eigenvalue weighted by atomic mass is 31.2. The molecule has 2 unspecified atom stereocenters. The minimum atomic E-state index is -4.38. The molecule has 4 rings (SSSR count). The lowest BCUT2D eigenvalue weighted by molar-refractivity contribution is -0.383. The summed E-state index contributed by atoms with van der Waals surface area (Å²) in [5.74, 6) is -2.42.